The number of imide groups is 1. The highest BCUT2D eigenvalue weighted by Crippen LogP contribution is 2.40. The van der Waals surface area contributed by atoms with Crippen LogP contribution in [0.3, 0.4) is 0 Å². The molecular formula is C22H36N4O5S. The van der Waals surface area contributed by atoms with E-state index in [0.717, 1.165) is 38.5 Å². The fraction of sp³-hybridized carbons (Fsp3) is 0.864. The van der Waals surface area contributed by atoms with Gasteiger partial charge in [-0.15, -0.1) is 0 Å². The quantitative estimate of drug-likeness (QED) is 0.614. The standard InChI is InChI=1S/C22H36N4O5S/c1-14(27)23-16-6-4-15(5-7-16)13-26-19-9-8-17(32(30,31)24-22(2)10-11-22)12-18(19)20(28)25(3)21(26)29/h15-19,24H,4-13H2,1-3H3,(H,23,27). The number of nitrogens with one attached hydrogen (secondary N) is 2. The van der Waals surface area contributed by atoms with Gasteiger partial charge in [-0.1, -0.05) is 0 Å². The summed E-state index contributed by atoms with van der Waals surface area (Å²) in [5.41, 5.74) is -0.332. The molecule has 3 saturated carbocycles. The van der Waals surface area contributed by atoms with E-state index in [1.54, 1.807) is 0 Å². The Balaban J connectivity index is 1.42. The zero-order valence-corrected chi connectivity index (χ0v) is 20.1. The summed E-state index contributed by atoms with van der Waals surface area (Å²) in [5, 5.41) is 2.38. The minimum absolute atomic E-state index is 0.0143. The number of sulfonamides is 1. The van der Waals surface area contributed by atoms with Gasteiger partial charge in [-0.25, -0.2) is 17.9 Å². The lowest BCUT2D eigenvalue weighted by molar-refractivity contribution is -0.139. The topological polar surface area (TPSA) is 116 Å². The van der Waals surface area contributed by atoms with E-state index in [0.29, 0.717) is 25.3 Å². The Kier molecular flexibility index (Phi) is 6.30. The highest BCUT2D eigenvalue weighted by atomic mass is 32.2. The van der Waals surface area contributed by atoms with Gasteiger partial charge in [-0.05, 0) is 70.6 Å². The van der Waals surface area contributed by atoms with Crippen LogP contribution in [0.4, 0.5) is 4.79 Å². The highest BCUT2D eigenvalue weighted by Gasteiger charge is 2.51. The minimum atomic E-state index is -3.50. The molecule has 0 bridgehead atoms. The molecule has 4 amide bonds. The van der Waals surface area contributed by atoms with Gasteiger partial charge in [0.25, 0.3) is 0 Å². The van der Waals surface area contributed by atoms with E-state index in [1.807, 2.05) is 11.8 Å². The summed E-state index contributed by atoms with van der Waals surface area (Å²) in [6, 6.07) is -0.313. The summed E-state index contributed by atoms with van der Waals surface area (Å²) in [5.74, 6) is -0.428. The van der Waals surface area contributed by atoms with Crippen molar-refractivity contribution < 1.29 is 22.8 Å². The first kappa shape index (κ1) is 23.5. The van der Waals surface area contributed by atoms with Crippen LogP contribution in [0.5, 0.6) is 0 Å². The summed E-state index contributed by atoms with van der Waals surface area (Å²) in [6.07, 6.45) is 6.56. The third-order valence-electron chi connectivity index (χ3n) is 7.88. The Labute approximate surface area is 190 Å². The first-order valence-corrected chi connectivity index (χ1v) is 13.4. The van der Waals surface area contributed by atoms with Crippen molar-refractivity contribution >= 4 is 27.9 Å². The summed E-state index contributed by atoms with van der Waals surface area (Å²) in [4.78, 5) is 40.2. The number of rotatable bonds is 6. The molecule has 0 radical (unpaired) electrons. The Morgan fingerprint density at radius 2 is 1.75 bits per heavy atom. The van der Waals surface area contributed by atoms with Gasteiger partial charge in [0.2, 0.25) is 21.8 Å². The highest BCUT2D eigenvalue weighted by molar-refractivity contribution is 7.90. The van der Waals surface area contributed by atoms with E-state index in [-0.39, 0.29) is 41.9 Å². The van der Waals surface area contributed by atoms with Gasteiger partial charge >= 0.3 is 6.03 Å². The second-order valence-electron chi connectivity index (χ2n) is 10.6. The van der Waals surface area contributed by atoms with Crippen LogP contribution in [0.25, 0.3) is 0 Å². The number of carbonyl (C=O) groups is 3. The number of amides is 4. The van der Waals surface area contributed by atoms with Crippen LogP contribution in [0.2, 0.25) is 0 Å². The number of carbonyl (C=O) groups excluding carboxylic acids is 3. The van der Waals surface area contributed by atoms with Gasteiger partial charge in [0, 0.05) is 38.1 Å². The molecule has 3 atom stereocenters. The van der Waals surface area contributed by atoms with E-state index in [1.165, 1.54) is 18.9 Å². The second-order valence-corrected chi connectivity index (χ2v) is 12.5. The number of nitrogens with zero attached hydrogens (tertiary/aromatic N) is 2. The lowest BCUT2D eigenvalue weighted by Crippen LogP contribution is -2.64. The third kappa shape index (κ3) is 4.81. The van der Waals surface area contributed by atoms with E-state index in [4.69, 9.17) is 0 Å². The molecule has 2 N–H and O–H groups in total. The minimum Gasteiger partial charge on any atom is -0.354 e. The van der Waals surface area contributed by atoms with E-state index < -0.39 is 21.2 Å². The maximum atomic E-state index is 13.0. The first-order chi connectivity index (χ1) is 15.0. The smallest absolute Gasteiger partial charge is 0.326 e. The molecule has 1 aliphatic heterocycles. The van der Waals surface area contributed by atoms with E-state index in [2.05, 4.69) is 10.0 Å². The number of hydrogen-bond donors (Lipinski definition) is 2. The molecule has 10 heteroatoms. The molecule has 1 heterocycles. The molecule has 0 spiro atoms. The number of urea groups is 1. The lowest BCUT2D eigenvalue weighted by Gasteiger charge is -2.48. The van der Waals surface area contributed by atoms with Crippen LogP contribution >= 0.6 is 0 Å². The van der Waals surface area contributed by atoms with Gasteiger partial charge in [0.1, 0.15) is 0 Å². The van der Waals surface area contributed by atoms with Crippen molar-refractivity contribution in [3.63, 3.8) is 0 Å². The summed E-state index contributed by atoms with van der Waals surface area (Å²) in [7, 11) is -2.00. The molecule has 32 heavy (non-hydrogen) atoms. The van der Waals surface area contributed by atoms with Crippen molar-refractivity contribution in [1.29, 1.82) is 0 Å². The zero-order chi connectivity index (χ0) is 23.3. The monoisotopic (exact) mass is 468 g/mol. The predicted octanol–water partition coefficient (Wildman–Crippen LogP) is 1.58. The van der Waals surface area contributed by atoms with Gasteiger partial charge in [-0.2, -0.15) is 0 Å². The molecule has 3 unspecified atom stereocenters. The van der Waals surface area contributed by atoms with E-state index in [9.17, 15) is 22.8 Å². The third-order valence-corrected chi connectivity index (χ3v) is 9.97. The Morgan fingerprint density at radius 3 is 2.34 bits per heavy atom. The lowest BCUT2D eigenvalue weighted by atomic mass is 9.79. The summed E-state index contributed by atoms with van der Waals surface area (Å²) < 4.78 is 28.7. The maximum absolute atomic E-state index is 13.0. The zero-order valence-electron chi connectivity index (χ0n) is 19.3. The van der Waals surface area contributed by atoms with Crippen LogP contribution in [-0.4, -0.2) is 72.5 Å². The molecule has 0 aromatic heterocycles. The van der Waals surface area contributed by atoms with Crippen LogP contribution in [0.15, 0.2) is 0 Å². The van der Waals surface area contributed by atoms with Crippen molar-refractivity contribution in [2.45, 2.75) is 94.5 Å². The molecule has 4 rings (SSSR count). The Morgan fingerprint density at radius 1 is 1.09 bits per heavy atom. The molecule has 9 nitrogen and oxygen atoms in total. The molecule has 0 aromatic rings. The van der Waals surface area contributed by atoms with E-state index >= 15 is 0 Å². The molecule has 0 aromatic carbocycles. The maximum Gasteiger partial charge on any atom is 0.326 e. The fourth-order valence-corrected chi connectivity index (χ4v) is 7.66. The molecule has 3 aliphatic carbocycles. The van der Waals surface area contributed by atoms with Crippen LogP contribution in [0.1, 0.15) is 71.6 Å². The second kappa shape index (κ2) is 8.59. The molecule has 180 valence electrons. The Bertz CT molecular complexity index is 879. The summed E-state index contributed by atoms with van der Waals surface area (Å²) in [6.45, 7) is 4.03. The normalized spacial score (nSPS) is 34.8. The average molecular weight is 469 g/mol. The van der Waals surface area contributed by atoms with Crippen LogP contribution < -0.4 is 10.0 Å². The number of fused-ring (bicyclic) bond motifs is 1. The Hall–Kier alpha value is -1.68. The van der Waals surface area contributed by atoms with Crippen molar-refractivity contribution in [3.05, 3.63) is 0 Å². The molecule has 1 saturated heterocycles. The van der Waals surface area contributed by atoms with Crippen molar-refractivity contribution in [2.75, 3.05) is 13.6 Å². The van der Waals surface area contributed by atoms with Crippen molar-refractivity contribution in [2.24, 2.45) is 11.8 Å². The molecule has 4 aliphatic rings. The van der Waals surface area contributed by atoms with Gasteiger partial charge in [0.15, 0.2) is 0 Å². The largest absolute Gasteiger partial charge is 0.354 e. The van der Waals surface area contributed by atoms with Gasteiger partial charge < -0.3 is 10.2 Å². The van der Waals surface area contributed by atoms with Crippen LogP contribution in [0, 0.1) is 11.8 Å². The van der Waals surface area contributed by atoms with Gasteiger partial charge in [-0.3, -0.25) is 14.5 Å². The van der Waals surface area contributed by atoms with Crippen molar-refractivity contribution in [1.82, 2.24) is 19.8 Å². The molecule has 4 fully saturated rings. The fourth-order valence-electron chi connectivity index (χ4n) is 5.70. The summed E-state index contributed by atoms with van der Waals surface area (Å²) >= 11 is 0. The van der Waals surface area contributed by atoms with Crippen LogP contribution in [-0.2, 0) is 19.6 Å². The molecular weight excluding hydrogens is 432 g/mol. The average Bonchev–Trinajstić information content (AvgIpc) is 3.45. The van der Waals surface area contributed by atoms with Gasteiger partial charge in [0.05, 0.1) is 11.2 Å². The first-order valence-electron chi connectivity index (χ1n) is 11.9. The number of hydrogen-bond acceptors (Lipinski definition) is 5. The predicted molar refractivity (Wildman–Crippen MR) is 119 cm³/mol. The van der Waals surface area contributed by atoms with Crippen molar-refractivity contribution in [3.8, 4) is 0 Å². The SMILES string of the molecule is CC(=O)NC1CCC(CN2C(=O)N(C)C(=O)C3CC(S(=O)(=O)NC4(C)CC4)CCC32)CC1.